The highest BCUT2D eigenvalue weighted by molar-refractivity contribution is 7.84. The zero-order valence-corrected chi connectivity index (χ0v) is 8.78. The summed E-state index contributed by atoms with van der Waals surface area (Å²) >= 11 is 0. The summed E-state index contributed by atoms with van der Waals surface area (Å²) in [6.45, 7) is 0.841. The van der Waals surface area contributed by atoms with Crippen molar-refractivity contribution < 1.29 is 27.2 Å². The maximum absolute atomic E-state index is 11.1. The fourth-order valence-corrected chi connectivity index (χ4v) is 1.11. The normalized spacial score (nSPS) is 11.7. The van der Waals surface area contributed by atoms with Crippen LogP contribution in [0.25, 0.3) is 0 Å². The molecular formula is C6H13NO6S. The number of aliphatic hydroxyl groups is 1. The van der Waals surface area contributed by atoms with Crippen molar-refractivity contribution in [3.63, 3.8) is 0 Å². The van der Waals surface area contributed by atoms with Gasteiger partial charge in [0.05, 0.1) is 0 Å². The second-order valence-electron chi connectivity index (χ2n) is 2.29. The van der Waals surface area contributed by atoms with Gasteiger partial charge in [-0.25, -0.2) is 4.79 Å². The lowest BCUT2D eigenvalue weighted by Crippen LogP contribution is -2.33. The third kappa shape index (κ3) is 4.51. The topological polar surface area (TPSA) is 93.1 Å². The minimum atomic E-state index is -4.15. The number of aliphatic hydroxyl groups excluding tert-OH is 1. The van der Waals surface area contributed by atoms with E-state index in [4.69, 9.17) is 9.84 Å². The molecule has 0 heterocycles. The van der Waals surface area contributed by atoms with Gasteiger partial charge in [0.1, 0.15) is 13.3 Å². The first-order valence-corrected chi connectivity index (χ1v) is 5.17. The number of hydrogen-bond donors (Lipinski definition) is 1. The van der Waals surface area contributed by atoms with Crippen LogP contribution in [0.1, 0.15) is 6.92 Å². The molecule has 84 valence electrons. The summed E-state index contributed by atoms with van der Waals surface area (Å²) in [6, 6.07) is 0. The van der Waals surface area contributed by atoms with Gasteiger partial charge in [-0.1, -0.05) is 0 Å². The van der Waals surface area contributed by atoms with Gasteiger partial charge in [0.2, 0.25) is 0 Å². The lowest BCUT2D eigenvalue weighted by Gasteiger charge is -2.14. The summed E-state index contributed by atoms with van der Waals surface area (Å²) < 4.78 is 31.7. The average Bonchev–Trinajstić information content (AvgIpc) is 2.13. The highest BCUT2D eigenvalue weighted by Gasteiger charge is 2.22. The van der Waals surface area contributed by atoms with E-state index in [1.807, 2.05) is 0 Å². The molecule has 0 radical (unpaired) electrons. The van der Waals surface area contributed by atoms with Crippen molar-refractivity contribution in [1.29, 1.82) is 0 Å². The Morgan fingerprint density at radius 2 is 2.07 bits per heavy atom. The van der Waals surface area contributed by atoms with E-state index in [2.05, 4.69) is 4.18 Å². The average molecular weight is 227 g/mol. The van der Waals surface area contributed by atoms with Crippen LogP contribution in [0.3, 0.4) is 0 Å². The third-order valence-electron chi connectivity index (χ3n) is 1.19. The van der Waals surface area contributed by atoms with Gasteiger partial charge in [-0.2, -0.15) is 8.42 Å². The van der Waals surface area contributed by atoms with E-state index in [-0.39, 0.29) is 6.73 Å². The molecule has 0 aliphatic carbocycles. The molecule has 0 amide bonds. The van der Waals surface area contributed by atoms with Crippen molar-refractivity contribution in [1.82, 2.24) is 4.31 Å². The number of nitrogens with zero attached hydrogens (tertiary/aromatic N) is 1. The molecule has 0 aromatic heterocycles. The molecule has 0 aromatic rings. The summed E-state index contributed by atoms with van der Waals surface area (Å²) in [5.74, 6) is -1.23. The predicted molar refractivity (Wildman–Crippen MR) is 46.4 cm³/mol. The molecule has 0 fully saturated rings. The number of carbonyl (C=O) groups excluding carboxylic acids is 1. The Balaban J connectivity index is 4.24. The summed E-state index contributed by atoms with van der Waals surface area (Å²) in [5.41, 5.74) is 0. The molecule has 14 heavy (non-hydrogen) atoms. The highest BCUT2D eigenvalue weighted by Crippen LogP contribution is 2.00. The highest BCUT2D eigenvalue weighted by atomic mass is 32.2. The van der Waals surface area contributed by atoms with Gasteiger partial charge in [0, 0.05) is 13.7 Å². The molecule has 7 nitrogen and oxygen atoms in total. The van der Waals surface area contributed by atoms with Crippen LogP contribution in [0.15, 0.2) is 0 Å². The van der Waals surface area contributed by atoms with Gasteiger partial charge >= 0.3 is 16.3 Å². The van der Waals surface area contributed by atoms with Crippen LogP contribution < -0.4 is 0 Å². The van der Waals surface area contributed by atoms with E-state index in [1.54, 1.807) is 6.92 Å². The third-order valence-corrected chi connectivity index (χ3v) is 2.45. The molecule has 0 aromatic carbocycles. The second-order valence-corrected chi connectivity index (χ2v) is 3.94. The van der Waals surface area contributed by atoms with Gasteiger partial charge in [0.15, 0.2) is 0 Å². The van der Waals surface area contributed by atoms with Gasteiger partial charge in [0.25, 0.3) is 0 Å². The summed E-state index contributed by atoms with van der Waals surface area (Å²) in [6.07, 6.45) is 0. The van der Waals surface area contributed by atoms with Crippen LogP contribution >= 0.6 is 0 Å². The number of rotatable bonds is 6. The maximum atomic E-state index is 11.1. The van der Waals surface area contributed by atoms with Crippen LogP contribution in [0.5, 0.6) is 0 Å². The van der Waals surface area contributed by atoms with Crippen LogP contribution in [-0.2, 0) is 24.0 Å². The lowest BCUT2D eigenvalue weighted by atomic mass is 10.8. The molecule has 0 aliphatic rings. The lowest BCUT2D eigenvalue weighted by molar-refractivity contribution is -0.137. The van der Waals surface area contributed by atoms with Crippen LogP contribution in [0.4, 0.5) is 0 Å². The molecule has 0 atom stereocenters. The molecule has 0 saturated heterocycles. The minimum Gasteiger partial charge on any atom is -0.385 e. The van der Waals surface area contributed by atoms with E-state index in [9.17, 15) is 13.2 Å². The van der Waals surface area contributed by atoms with Crippen LogP contribution in [0.2, 0.25) is 0 Å². The number of ether oxygens (including phenoxy) is 1. The zero-order valence-electron chi connectivity index (χ0n) is 7.97. The molecular weight excluding hydrogens is 214 g/mol. The number of carbonyl (C=O) groups is 1. The Hall–Kier alpha value is -0.700. The summed E-state index contributed by atoms with van der Waals surface area (Å²) in [4.78, 5) is 10.5. The molecule has 0 unspecified atom stereocenters. The molecule has 0 rings (SSSR count). The predicted octanol–water partition coefficient (Wildman–Crippen LogP) is -1.31. The first-order chi connectivity index (χ1) is 6.44. The van der Waals surface area contributed by atoms with Crippen molar-refractivity contribution in [2.24, 2.45) is 0 Å². The maximum Gasteiger partial charge on any atom is 0.389 e. The largest absolute Gasteiger partial charge is 0.389 e. The Labute approximate surface area is 82.5 Å². The molecule has 8 heteroatoms. The SMILES string of the molecule is CCOCN(C)S(=O)(=O)OC(=O)CO. The Morgan fingerprint density at radius 3 is 2.50 bits per heavy atom. The standard InChI is InChI=1S/C6H13NO6S/c1-3-12-5-7(2)14(10,11)13-6(9)4-8/h8H,3-5H2,1-2H3. The monoisotopic (exact) mass is 227 g/mol. The van der Waals surface area contributed by atoms with Crippen molar-refractivity contribution >= 4 is 16.3 Å². The second kappa shape index (κ2) is 5.91. The van der Waals surface area contributed by atoms with E-state index in [0.29, 0.717) is 10.9 Å². The first-order valence-electron chi connectivity index (χ1n) is 3.81. The first kappa shape index (κ1) is 13.3. The smallest absolute Gasteiger partial charge is 0.385 e. The van der Waals surface area contributed by atoms with Gasteiger partial charge < -0.3 is 14.0 Å². The summed E-state index contributed by atoms with van der Waals surface area (Å²) in [7, 11) is -2.95. The molecule has 0 aliphatic heterocycles. The van der Waals surface area contributed by atoms with Gasteiger partial charge in [-0.3, -0.25) is 0 Å². The van der Waals surface area contributed by atoms with Crippen molar-refractivity contribution in [3.8, 4) is 0 Å². The fourth-order valence-electron chi connectivity index (χ4n) is 0.492. The van der Waals surface area contributed by atoms with Crippen LogP contribution in [0, 0.1) is 0 Å². The quantitative estimate of drug-likeness (QED) is 0.566. The Morgan fingerprint density at radius 1 is 1.50 bits per heavy atom. The molecule has 0 bridgehead atoms. The van der Waals surface area contributed by atoms with E-state index in [1.165, 1.54) is 7.05 Å². The van der Waals surface area contributed by atoms with Crippen LogP contribution in [-0.4, -0.2) is 50.8 Å². The van der Waals surface area contributed by atoms with Crippen molar-refractivity contribution in [2.45, 2.75) is 6.92 Å². The molecule has 0 saturated carbocycles. The minimum absolute atomic E-state index is 0.211. The summed E-state index contributed by atoms with van der Waals surface area (Å²) in [5, 5.41) is 8.27. The zero-order chi connectivity index (χ0) is 11.2. The van der Waals surface area contributed by atoms with Crippen molar-refractivity contribution in [2.75, 3.05) is 27.0 Å². The number of hydrogen-bond acceptors (Lipinski definition) is 6. The Bertz CT molecular complexity index is 274. The Kier molecular flexibility index (Phi) is 5.62. The van der Waals surface area contributed by atoms with E-state index in [0.717, 1.165) is 0 Å². The van der Waals surface area contributed by atoms with E-state index < -0.39 is 22.9 Å². The molecule has 1 N–H and O–H groups in total. The van der Waals surface area contributed by atoms with Gasteiger partial charge in [-0.05, 0) is 6.92 Å². The molecule has 0 spiro atoms. The fraction of sp³-hybridized carbons (Fsp3) is 0.833. The van der Waals surface area contributed by atoms with Crippen molar-refractivity contribution in [3.05, 3.63) is 0 Å². The van der Waals surface area contributed by atoms with E-state index >= 15 is 0 Å². The van der Waals surface area contributed by atoms with Gasteiger partial charge in [-0.15, -0.1) is 4.31 Å².